The first-order valence-electron chi connectivity index (χ1n) is 5.20. The molecule has 1 fully saturated rings. The Balaban J connectivity index is 2.23. The van der Waals surface area contributed by atoms with Crippen molar-refractivity contribution in [2.75, 3.05) is 13.2 Å². The van der Waals surface area contributed by atoms with Crippen LogP contribution >= 0.6 is 7.92 Å². The molecule has 1 aliphatic rings. The minimum Gasteiger partial charge on any atom is -0.380 e. The van der Waals surface area contributed by atoms with Crippen LogP contribution < -0.4 is 5.30 Å². The molecule has 0 amide bonds. The molecule has 76 valence electrons. The fraction of sp³-hybridized carbons (Fsp3) is 0.500. The van der Waals surface area contributed by atoms with Gasteiger partial charge in [-0.05, 0) is 5.30 Å². The summed E-state index contributed by atoms with van der Waals surface area (Å²) < 4.78 is 5.56. The molecule has 0 aromatic heterocycles. The van der Waals surface area contributed by atoms with Crippen LogP contribution in [0.4, 0.5) is 0 Å². The standard InChI is InChI=1S/C12H17OP/c1-10-8-13-9-11(2)14(10)12-6-4-3-5-7-12/h3-7,10-11H,8-9H2,1-2H3/t10-,11-/m1/s1. The zero-order valence-corrected chi connectivity index (χ0v) is 9.71. The summed E-state index contributed by atoms with van der Waals surface area (Å²) in [5.41, 5.74) is 1.41. The topological polar surface area (TPSA) is 9.23 Å². The molecule has 2 rings (SSSR count). The van der Waals surface area contributed by atoms with Crippen molar-refractivity contribution in [1.82, 2.24) is 0 Å². The quantitative estimate of drug-likeness (QED) is 0.644. The zero-order chi connectivity index (χ0) is 9.97. The Labute approximate surface area is 87.2 Å². The van der Waals surface area contributed by atoms with Crippen molar-refractivity contribution in [3.05, 3.63) is 30.3 Å². The van der Waals surface area contributed by atoms with E-state index in [2.05, 4.69) is 44.2 Å². The number of ether oxygens (including phenoxy) is 1. The van der Waals surface area contributed by atoms with E-state index in [1.165, 1.54) is 5.30 Å². The van der Waals surface area contributed by atoms with Gasteiger partial charge in [-0.3, -0.25) is 0 Å². The van der Waals surface area contributed by atoms with Crippen molar-refractivity contribution >= 4 is 13.2 Å². The molecule has 2 atom stereocenters. The van der Waals surface area contributed by atoms with Crippen molar-refractivity contribution in [3.8, 4) is 0 Å². The van der Waals surface area contributed by atoms with Gasteiger partial charge in [-0.15, -0.1) is 0 Å². The predicted molar refractivity (Wildman–Crippen MR) is 62.7 cm³/mol. The second-order valence-corrected chi connectivity index (χ2v) is 7.07. The molecular formula is C12H17OP. The van der Waals surface area contributed by atoms with Gasteiger partial charge >= 0.3 is 0 Å². The van der Waals surface area contributed by atoms with Crippen LogP contribution in [-0.4, -0.2) is 24.5 Å². The van der Waals surface area contributed by atoms with E-state index in [-0.39, 0.29) is 7.92 Å². The van der Waals surface area contributed by atoms with E-state index in [1.807, 2.05) is 0 Å². The second-order valence-electron chi connectivity index (χ2n) is 3.98. The van der Waals surface area contributed by atoms with Crippen molar-refractivity contribution < 1.29 is 4.74 Å². The lowest BCUT2D eigenvalue weighted by Gasteiger charge is -2.35. The molecule has 2 heteroatoms. The third-order valence-corrected chi connectivity index (χ3v) is 5.81. The normalized spacial score (nSPS) is 29.0. The molecule has 1 heterocycles. The molecule has 1 nitrogen and oxygen atoms in total. The summed E-state index contributed by atoms with van der Waals surface area (Å²) in [4.78, 5) is 0. The smallest absolute Gasteiger partial charge is 0.0534 e. The van der Waals surface area contributed by atoms with E-state index >= 15 is 0 Å². The summed E-state index contributed by atoms with van der Waals surface area (Å²) in [6.07, 6.45) is 0. The first-order chi connectivity index (χ1) is 6.79. The van der Waals surface area contributed by atoms with Crippen LogP contribution in [0, 0.1) is 0 Å². The van der Waals surface area contributed by atoms with E-state index in [4.69, 9.17) is 4.74 Å². The highest BCUT2D eigenvalue weighted by Crippen LogP contribution is 2.47. The summed E-state index contributed by atoms with van der Waals surface area (Å²) in [6, 6.07) is 10.9. The van der Waals surface area contributed by atoms with Crippen LogP contribution in [-0.2, 0) is 4.74 Å². The Morgan fingerprint density at radius 1 is 1.07 bits per heavy atom. The van der Waals surface area contributed by atoms with E-state index in [0.717, 1.165) is 13.2 Å². The van der Waals surface area contributed by atoms with Crippen molar-refractivity contribution in [2.45, 2.75) is 25.2 Å². The van der Waals surface area contributed by atoms with Gasteiger partial charge < -0.3 is 4.74 Å². The Morgan fingerprint density at radius 2 is 1.64 bits per heavy atom. The highest BCUT2D eigenvalue weighted by molar-refractivity contribution is 7.67. The average Bonchev–Trinajstić information content (AvgIpc) is 2.19. The van der Waals surface area contributed by atoms with Crippen molar-refractivity contribution in [2.24, 2.45) is 0 Å². The van der Waals surface area contributed by atoms with E-state index in [1.54, 1.807) is 0 Å². The maximum absolute atomic E-state index is 5.56. The third-order valence-electron chi connectivity index (χ3n) is 2.72. The third kappa shape index (κ3) is 1.99. The largest absolute Gasteiger partial charge is 0.380 e. The number of rotatable bonds is 1. The fourth-order valence-electron chi connectivity index (χ4n) is 2.11. The number of hydrogen-bond acceptors (Lipinski definition) is 1. The van der Waals surface area contributed by atoms with Gasteiger partial charge in [0.1, 0.15) is 0 Å². The fourth-order valence-corrected chi connectivity index (χ4v) is 5.05. The lowest BCUT2D eigenvalue weighted by molar-refractivity contribution is 0.129. The number of benzene rings is 1. The summed E-state index contributed by atoms with van der Waals surface area (Å²) in [6.45, 7) is 6.50. The van der Waals surface area contributed by atoms with Gasteiger partial charge in [0, 0.05) is 11.3 Å². The van der Waals surface area contributed by atoms with Gasteiger partial charge in [0.25, 0.3) is 0 Å². The molecule has 0 bridgehead atoms. The van der Waals surface area contributed by atoms with Gasteiger partial charge in [-0.2, -0.15) is 0 Å². The molecule has 14 heavy (non-hydrogen) atoms. The van der Waals surface area contributed by atoms with Crippen LogP contribution in [0.3, 0.4) is 0 Å². The Bertz CT molecular complexity index is 276. The molecule has 1 aromatic carbocycles. The minimum absolute atomic E-state index is 0.0143. The highest BCUT2D eigenvalue weighted by Gasteiger charge is 2.28. The summed E-state index contributed by atoms with van der Waals surface area (Å²) in [7, 11) is -0.0143. The van der Waals surface area contributed by atoms with E-state index in [9.17, 15) is 0 Å². The summed E-state index contributed by atoms with van der Waals surface area (Å²) in [5, 5.41) is 1.53. The molecule has 0 radical (unpaired) electrons. The first kappa shape index (κ1) is 10.1. The van der Waals surface area contributed by atoms with Crippen molar-refractivity contribution in [1.29, 1.82) is 0 Å². The molecule has 0 saturated carbocycles. The summed E-state index contributed by atoms with van der Waals surface area (Å²) in [5.74, 6) is 0. The van der Waals surface area contributed by atoms with E-state index < -0.39 is 0 Å². The molecule has 1 aromatic rings. The maximum atomic E-state index is 5.56. The van der Waals surface area contributed by atoms with Gasteiger partial charge in [-0.25, -0.2) is 0 Å². The molecule has 1 aliphatic heterocycles. The van der Waals surface area contributed by atoms with Gasteiger partial charge in [0.05, 0.1) is 13.2 Å². The zero-order valence-electron chi connectivity index (χ0n) is 8.81. The predicted octanol–water partition coefficient (Wildman–Crippen LogP) is 2.60. The van der Waals surface area contributed by atoms with E-state index in [0.29, 0.717) is 11.3 Å². The Kier molecular flexibility index (Phi) is 3.20. The van der Waals surface area contributed by atoms with Gasteiger partial charge in [0.2, 0.25) is 0 Å². The van der Waals surface area contributed by atoms with Gasteiger partial charge in [-0.1, -0.05) is 52.1 Å². The SMILES string of the molecule is C[C@@H]1COC[C@@H](C)P1c1ccccc1. The van der Waals surface area contributed by atoms with Crippen LogP contribution in [0.1, 0.15) is 13.8 Å². The van der Waals surface area contributed by atoms with Crippen LogP contribution in [0.5, 0.6) is 0 Å². The molecule has 0 aliphatic carbocycles. The lowest BCUT2D eigenvalue weighted by atomic mass is 10.4. The summed E-state index contributed by atoms with van der Waals surface area (Å²) >= 11 is 0. The highest BCUT2D eigenvalue weighted by atomic mass is 31.1. The van der Waals surface area contributed by atoms with Crippen LogP contribution in [0.25, 0.3) is 0 Å². The van der Waals surface area contributed by atoms with Gasteiger partial charge in [0.15, 0.2) is 0 Å². The molecule has 1 saturated heterocycles. The molecule has 0 N–H and O–H groups in total. The number of hydrogen-bond donors (Lipinski definition) is 0. The molecule has 0 unspecified atom stereocenters. The molecular weight excluding hydrogens is 191 g/mol. The Hall–Kier alpha value is -0.390. The monoisotopic (exact) mass is 208 g/mol. The first-order valence-corrected chi connectivity index (χ1v) is 6.68. The van der Waals surface area contributed by atoms with Crippen LogP contribution in [0.15, 0.2) is 30.3 Å². The minimum atomic E-state index is -0.0143. The molecule has 0 spiro atoms. The Morgan fingerprint density at radius 3 is 2.21 bits per heavy atom. The maximum Gasteiger partial charge on any atom is 0.0534 e. The average molecular weight is 208 g/mol. The van der Waals surface area contributed by atoms with Crippen LogP contribution in [0.2, 0.25) is 0 Å². The lowest BCUT2D eigenvalue weighted by Crippen LogP contribution is -2.31. The second kappa shape index (κ2) is 4.42. The van der Waals surface area contributed by atoms with Crippen molar-refractivity contribution in [3.63, 3.8) is 0 Å².